The van der Waals surface area contributed by atoms with Gasteiger partial charge in [0.15, 0.2) is 0 Å². The van der Waals surface area contributed by atoms with Crippen molar-refractivity contribution in [3.63, 3.8) is 0 Å². The summed E-state index contributed by atoms with van der Waals surface area (Å²) in [6.45, 7) is 7.44. The topological polar surface area (TPSA) is 46.3 Å². The van der Waals surface area contributed by atoms with Crippen molar-refractivity contribution in [1.82, 2.24) is 4.90 Å². The van der Waals surface area contributed by atoms with Gasteiger partial charge in [0.05, 0.1) is 5.56 Å². The minimum atomic E-state index is -0.451. The van der Waals surface area contributed by atoms with Gasteiger partial charge < -0.3 is 10.6 Å². The van der Waals surface area contributed by atoms with E-state index in [9.17, 15) is 9.18 Å². The van der Waals surface area contributed by atoms with Gasteiger partial charge in [-0.05, 0) is 42.9 Å². The summed E-state index contributed by atoms with van der Waals surface area (Å²) in [6.07, 6.45) is 3.05. The van der Waals surface area contributed by atoms with Crippen LogP contribution in [0.25, 0.3) is 0 Å². The van der Waals surface area contributed by atoms with Crippen molar-refractivity contribution in [3.8, 4) is 0 Å². The third-order valence-electron chi connectivity index (χ3n) is 4.62. The molecular formula is C16H23FN2O. The smallest absolute Gasteiger partial charge is 0.256 e. The number of hydrogen-bond donors (Lipinski definition) is 1. The van der Waals surface area contributed by atoms with Crippen LogP contribution in [-0.2, 0) is 0 Å². The van der Waals surface area contributed by atoms with E-state index in [1.165, 1.54) is 6.07 Å². The third-order valence-corrected chi connectivity index (χ3v) is 4.62. The number of hydrogen-bond acceptors (Lipinski definition) is 2. The van der Waals surface area contributed by atoms with Gasteiger partial charge in [0, 0.05) is 18.8 Å². The van der Waals surface area contributed by atoms with Gasteiger partial charge in [0.2, 0.25) is 0 Å². The second kappa shape index (κ2) is 5.43. The number of aryl methyl sites for hydroxylation is 1. The Morgan fingerprint density at radius 3 is 2.55 bits per heavy atom. The molecular weight excluding hydrogens is 255 g/mol. The third kappa shape index (κ3) is 2.79. The fourth-order valence-electron chi connectivity index (χ4n) is 2.73. The van der Waals surface area contributed by atoms with Crippen LogP contribution in [0.2, 0.25) is 0 Å². The highest BCUT2D eigenvalue weighted by Gasteiger charge is 2.31. The Kier molecular flexibility index (Phi) is 4.02. The predicted molar refractivity (Wildman–Crippen MR) is 79.1 cm³/mol. The number of benzene rings is 1. The van der Waals surface area contributed by atoms with Crippen molar-refractivity contribution in [1.29, 1.82) is 0 Å². The Labute approximate surface area is 120 Å². The quantitative estimate of drug-likeness (QED) is 0.843. The van der Waals surface area contributed by atoms with Crippen LogP contribution >= 0.6 is 0 Å². The van der Waals surface area contributed by atoms with Crippen LogP contribution in [-0.4, -0.2) is 23.9 Å². The Morgan fingerprint density at radius 1 is 1.40 bits per heavy atom. The molecule has 1 heterocycles. The fraction of sp³-hybridized carbons (Fsp3) is 0.562. The van der Waals surface area contributed by atoms with E-state index in [2.05, 4.69) is 13.8 Å². The van der Waals surface area contributed by atoms with Crippen LogP contribution in [0, 0.1) is 18.2 Å². The Bertz CT molecular complexity index is 519. The van der Waals surface area contributed by atoms with Gasteiger partial charge in [-0.3, -0.25) is 4.79 Å². The number of nitrogen functional groups attached to an aromatic ring is 1. The molecule has 4 heteroatoms. The highest BCUT2D eigenvalue weighted by Crippen LogP contribution is 2.34. The van der Waals surface area contributed by atoms with Crippen LogP contribution in [0.4, 0.5) is 10.1 Å². The highest BCUT2D eigenvalue weighted by atomic mass is 19.1. The molecule has 20 heavy (non-hydrogen) atoms. The summed E-state index contributed by atoms with van der Waals surface area (Å²) >= 11 is 0. The van der Waals surface area contributed by atoms with Gasteiger partial charge in [0.25, 0.3) is 5.91 Å². The van der Waals surface area contributed by atoms with Gasteiger partial charge in [-0.25, -0.2) is 4.39 Å². The molecule has 0 aliphatic carbocycles. The van der Waals surface area contributed by atoms with E-state index >= 15 is 0 Å². The van der Waals surface area contributed by atoms with Crippen LogP contribution in [0.15, 0.2) is 12.1 Å². The molecule has 1 aliphatic heterocycles. The van der Waals surface area contributed by atoms with E-state index in [4.69, 9.17) is 5.73 Å². The molecule has 2 N–H and O–H groups in total. The molecule has 0 spiro atoms. The molecule has 1 fully saturated rings. The number of carbonyl (C=O) groups is 1. The minimum absolute atomic E-state index is 0.0996. The molecule has 1 aliphatic rings. The first-order valence-electron chi connectivity index (χ1n) is 7.21. The van der Waals surface area contributed by atoms with Crippen molar-refractivity contribution in [2.45, 2.75) is 40.0 Å². The van der Waals surface area contributed by atoms with E-state index in [1.807, 2.05) is 0 Å². The standard InChI is InChI=1S/C16H23FN2O/c1-4-16(3)5-7-19(8-6-16)15(20)13-10-12(18)9-11(2)14(13)17/h9-10H,4-8,18H2,1-3H3. The summed E-state index contributed by atoms with van der Waals surface area (Å²) < 4.78 is 14.1. The molecule has 1 saturated heterocycles. The molecule has 0 aromatic heterocycles. The Hall–Kier alpha value is -1.58. The zero-order valence-corrected chi connectivity index (χ0v) is 12.5. The maximum Gasteiger partial charge on any atom is 0.256 e. The maximum absolute atomic E-state index is 14.1. The number of nitrogens with zero attached hydrogens (tertiary/aromatic N) is 1. The fourth-order valence-corrected chi connectivity index (χ4v) is 2.73. The van der Waals surface area contributed by atoms with Crippen molar-refractivity contribution in [3.05, 3.63) is 29.1 Å². The summed E-state index contributed by atoms with van der Waals surface area (Å²) in [7, 11) is 0. The average molecular weight is 278 g/mol. The number of amides is 1. The Balaban J connectivity index is 2.18. The highest BCUT2D eigenvalue weighted by molar-refractivity contribution is 5.95. The SMILES string of the molecule is CCC1(C)CCN(C(=O)c2cc(N)cc(C)c2F)CC1. The van der Waals surface area contributed by atoms with Crippen molar-refractivity contribution in [2.75, 3.05) is 18.8 Å². The summed E-state index contributed by atoms with van der Waals surface area (Å²) in [5.74, 6) is -0.691. The van der Waals surface area contributed by atoms with Gasteiger partial charge in [-0.2, -0.15) is 0 Å². The first kappa shape index (κ1) is 14.8. The predicted octanol–water partition coefficient (Wildman–Crippen LogP) is 3.37. The van der Waals surface area contributed by atoms with Crippen LogP contribution in [0.5, 0.6) is 0 Å². The molecule has 0 unspecified atom stereocenters. The molecule has 0 radical (unpaired) electrons. The van der Waals surface area contributed by atoms with Crippen molar-refractivity contribution >= 4 is 11.6 Å². The normalized spacial score (nSPS) is 18.1. The van der Waals surface area contributed by atoms with Crippen molar-refractivity contribution in [2.24, 2.45) is 5.41 Å². The molecule has 1 aromatic rings. The van der Waals surface area contributed by atoms with Crippen LogP contribution in [0.3, 0.4) is 0 Å². The first-order chi connectivity index (χ1) is 9.36. The molecule has 1 amide bonds. The van der Waals surface area contributed by atoms with E-state index < -0.39 is 5.82 Å². The molecule has 2 rings (SSSR count). The van der Waals surface area contributed by atoms with Gasteiger partial charge >= 0.3 is 0 Å². The van der Waals surface area contributed by atoms with E-state index in [0.29, 0.717) is 29.8 Å². The molecule has 110 valence electrons. The number of likely N-dealkylation sites (tertiary alicyclic amines) is 1. The zero-order chi connectivity index (χ0) is 14.9. The van der Waals surface area contributed by atoms with Crippen LogP contribution < -0.4 is 5.73 Å². The lowest BCUT2D eigenvalue weighted by Crippen LogP contribution is -2.42. The number of piperidine rings is 1. The summed E-state index contributed by atoms with van der Waals surface area (Å²) in [5.41, 5.74) is 6.98. The number of nitrogens with two attached hydrogens (primary N) is 1. The molecule has 0 saturated carbocycles. The van der Waals surface area contributed by atoms with Gasteiger partial charge in [-0.15, -0.1) is 0 Å². The zero-order valence-electron chi connectivity index (χ0n) is 12.5. The number of carbonyl (C=O) groups excluding carboxylic acids is 1. The maximum atomic E-state index is 14.1. The average Bonchev–Trinajstić information content (AvgIpc) is 2.43. The lowest BCUT2D eigenvalue weighted by atomic mass is 9.78. The number of anilines is 1. The first-order valence-corrected chi connectivity index (χ1v) is 7.21. The monoisotopic (exact) mass is 278 g/mol. The number of rotatable bonds is 2. The van der Waals surface area contributed by atoms with E-state index in [1.54, 1.807) is 17.9 Å². The largest absolute Gasteiger partial charge is 0.399 e. The van der Waals surface area contributed by atoms with Crippen molar-refractivity contribution < 1.29 is 9.18 Å². The summed E-state index contributed by atoms with van der Waals surface area (Å²) in [5, 5.41) is 0. The number of halogens is 1. The molecule has 0 atom stereocenters. The Morgan fingerprint density at radius 2 is 2.00 bits per heavy atom. The summed E-state index contributed by atoms with van der Waals surface area (Å²) in [4.78, 5) is 14.2. The molecule has 1 aromatic carbocycles. The second-order valence-electron chi connectivity index (χ2n) is 6.16. The van der Waals surface area contributed by atoms with E-state index in [0.717, 1.165) is 19.3 Å². The molecule has 0 bridgehead atoms. The van der Waals surface area contributed by atoms with Gasteiger partial charge in [-0.1, -0.05) is 20.3 Å². The van der Waals surface area contributed by atoms with Crippen LogP contribution in [0.1, 0.15) is 49.0 Å². The lowest BCUT2D eigenvalue weighted by Gasteiger charge is -2.39. The minimum Gasteiger partial charge on any atom is -0.399 e. The molecule has 3 nitrogen and oxygen atoms in total. The van der Waals surface area contributed by atoms with Gasteiger partial charge in [0.1, 0.15) is 5.82 Å². The second-order valence-corrected chi connectivity index (χ2v) is 6.16. The summed E-state index contributed by atoms with van der Waals surface area (Å²) in [6, 6.07) is 2.99. The lowest BCUT2D eigenvalue weighted by molar-refractivity contribution is 0.0596. The van der Waals surface area contributed by atoms with E-state index in [-0.39, 0.29) is 11.5 Å².